The molecule has 0 unspecified atom stereocenters. The molecule has 0 spiro atoms. The summed E-state index contributed by atoms with van der Waals surface area (Å²) in [6.45, 7) is 4.27. The first-order valence-electron chi connectivity index (χ1n) is 7.39. The number of halogens is 1. The minimum atomic E-state index is -0.450. The van der Waals surface area contributed by atoms with Crippen molar-refractivity contribution in [3.8, 4) is 0 Å². The van der Waals surface area contributed by atoms with Gasteiger partial charge in [-0.25, -0.2) is 0 Å². The number of amides is 1. The van der Waals surface area contributed by atoms with E-state index < -0.39 is 5.41 Å². The number of nitrogens with zero attached hydrogens (tertiary/aromatic N) is 2. The number of hydrogen-bond acceptors (Lipinski definition) is 4. The van der Waals surface area contributed by atoms with Crippen LogP contribution < -0.4 is 5.32 Å². The maximum Gasteiger partial charge on any atom is 0.236 e. The number of aromatic nitrogens is 2. The number of nitrogens with one attached hydrogen (secondary N) is 1. The number of rotatable bonds is 5. The summed E-state index contributed by atoms with van der Waals surface area (Å²) in [7, 11) is 0. The second kappa shape index (κ2) is 5.97. The van der Waals surface area contributed by atoms with Crippen LogP contribution in [0.2, 0.25) is 5.02 Å². The van der Waals surface area contributed by atoms with Crippen LogP contribution in [0.3, 0.4) is 0 Å². The number of hydrogen-bond donors (Lipinski definition) is 1. The molecule has 0 bridgehead atoms. The van der Waals surface area contributed by atoms with Crippen molar-refractivity contribution < 1.29 is 4.79 Å². The van der Waals surface area contributed by atoms with Crippen LogP contribution in [0.5, 0.6) is 0 Å². The largest absolute Gasteiger partial charge is 0.300 e. The Morgan fingerprint density at radius 2 is 2.18 bits per heavy atom. The van der Waals surface area contributed by atoms with Gasteiger partial charge in [0.25, 0.3) is 0 Å². The van der Waals surface area contributed by atoms with Gasteiger partial charge < -0.3 is 0 Å². The Labute approximate surface area is 138 Å². The molecule has 1 aliphatic rings. The van der Waals surface area contributed by atoms with Crippen molar-refractivity contribution in [2.75, 3.05) is 5.32 Å². The van der Waals surface area contributed by atoms with Crippen LogP contribution in [0.1, 0.15) is 37.3 Å². The predicted molar refractivity (Wildman–Crippen MR) is 89.4 cm³/mol. The minimum absolute atomic E-state index is 0.0120. The SMILES string of the molecule is CC(C)Cc1nnc(NC(=O)C2(c3cccc(Cl)c3)CC2)s1. The Bertz CT molecular complexity index is 694. The Morgan fingerprint density at radius 1 is 1.41 bits per heavy atom. The topological polar surface area (TPSA) is 54.9 Å². The van der Waals surface area contributed by atoms with Crippen LogP contribution in [0.15, 0.2) is 24.3 Å². The van der Waals surface area contributed by atoms with Gasteiger partial charge in [0.2, 0.25) is 11.0 Å². The maximum atomic E-state index is 12.6. The van der Waals surface area contributed by atoms with Gasteiger partial charge in [-0.15, -0.1) is 10.2 Å². The molecule has 1 amide bonds. The highest BCUT2D eigenvalue weighted by molar-refractivity contribution is 7.15. The van der Waals surface area contributed by atoms with E-state index in [2.05, 4.69) is 29.4 Å². The van der Waals surface area contributed by atoms with E-state index >= 15 is 0 Å². The lowest BCUT2D eigenvalue weighted by Crippen LogP contribution is -2.27. The van der Waals surface area contributed by atoms with Crippen molar-refractivity contribution in [2.45, 2.75) is 38.5 Å². The summed E-state index contributed by atoms with van der Waals surface area (Å²) in [6.07, 6.45) is 2.57. The average molecular weight is 336 g/mol. The molecule has 2 aromatic rings. The second-order valence-electron chi connectivity index (χ2n) is 6.15. The molecule has 6 heteroatoms. The molecule has 22 heavy (non-hydrogen) atoms. The number of anilines is 1. The van der Waals surface area contributed by atoms with Gasteiger partial charge in [0.15, 0.2) is 0 Å². The zero-order chi connectivity index (χ0) is 15.7. The Balaban J connectivity index is 1.73. The monoisotopic (exact) mass is 335 g/mol. The van der Waals surface area contributed by atoms with Crippen LogP contribution in [-0.2, 0) is 16.6 Å². The van der Waals surface area contributed by atoms with Gasteiger partial charge in [0, 0.05) is 11.4 Å². The molecule has 1 heterocycles. The Hall–Kier alpha value is -1.46. The van der Waals surface area contributed by atoms with Crippen molar-refractivity contribution in [1.82, 2.24) is 10.2 Å². The quantitative estimate of drug-likeness (QED) is 0.896. The van der Waals surface area contributed by atoms with Gasteiger partial charge >= 0.3 is 0 Å². The molecule has 1 aromatic carbocycles. The van der Waals surface area contributed by atoms with Gasteiger partial charge in [0.05, 0.1) is 5.41 Å². The van der Waals surface area contributed by atoms with Gasteiger partial charge in [-0.05, 0) is 36.5 Å². The van der Waals surface area contributed by atoms with E-state index in [-0.39, 0.29) is 5.91 Å². The van der Waals surface area contributed by atoms with Gasteiger partial charge in [0.1, 0.15) is 5.01 Å². The molecule has 4 nitrogen and oxygen atoms in total. The van der Waals surface area contributed by atoms with Gasteiger partial charge in [-0.2, -0.15) is 0 Å². The van der Waals surface area contributed by atoms with Crippen LogP contribution >= 0.6 is 22.9 Å². The minimum Gasteiger partial charge on any atom is -0.300 e. The zero-order valence-electron chi connectivity index (χ0n) is 12.6. The fourth-order valence-corrected chi connectivity index (χ4v) is 3.65. The van der Waals surface area contributed by atoms with E-state index in [1.807, 2.05) is 24.3 Å². The molecular formula is C16H18ClN3OS. The van der Waals surface area contributed by atoms with E-state index in [9.17, 15) is 4.79 Å². The molecule has 1 saturated carbocycles. The van der Waals surface area contributed by atoms with Crippen LogP contribution in [0.25, 0.3) is 0 Å². The van der Waals surface area contributed by atoms with E-state index in [4.69, 9.17) is 11.6 Å². The molecule has 0 atom stereocenters. The number of carbonyl (C=O) groups is 1. The lowest BCUT2D eigenvalue weighted by molar-refractivity contribution is -0.118. The first-order valence-corrected chi connectivity index (χ1v) is 8.59. The summed E-state index contributed by atoms with van der Waals surface area (Å²) in [5, 5.41) is 13.3. The fourth-order valence-electron chi connectivity index (χ4n) is 2.51. The molecule has 1 fully saturated rings. The predicted octanol–water partition coefficient (Wildman–Crippen LogP) is 4.06. The summed E-state index contributed by atoms with van der Waals surface area (Å²) < 4.78 is 0. The molecule has 1 N–H and O–H groups in total. The molecule has 0 saturated heterocycles. The second-order valence-corrected chi connectivity index (χ2v) is 7.64. The summed E-state index contributed by atoms with van der Waals surface area (Å²) in [4.78, 5) is 12.6. The number of benzene rings is 1. The molecule has 0 aliphatic heterocycles. The lowest BCUT2D eigenvalue weighted by atomic mass is 9.95. The highest BCUT2D eigenvalue weighted by Gasteiger charge is 2.51. The van der Waals surface area contributed by atoms with Crippen molar-refractivity contribution in [3.63, 3.8) is 0 Å². The van der Waals surface area contributed by atoms with Crippen molar-refractivity contribution in [3.05, 3.63) is 39.9 Å². The van der Waals surface area contributed by atoms with Gasteiger partial charge in [-0.1, -0.05) is 48.9 Å². The smallest absolute Gasteiger partial charge is 0.236 e. The van der Waals surface area contributed by atoms with E-state index in [0.29, 0.717) is 16.1 Å². The Morgan fingerprint density at radius 3 is 2.82 bits per heavy atom. The summed E-state index contributed by atoms with van der Waals surface area (Å²) in [5.74, 6) is 0.514. The van der Waals surface area contributed by atoms with Crippen molar-refractivity contribution >= 4 is 34.0 Å². The summed E-state index contributed by atoms with van der Waals surface area (Å²) in [5.41, 5.74) is 0.527. The normalized spacial score (nSPS) is 15.8. The number of carbonyl (C=O) groups excluding carboxylic acids is 1. The van der Waals surface area contributed by atoms with Crippen molar-refractivity contribution in [1.29, 1.82) is 0 Å². The van der Waals surface area contributed by atoms with Crippen molar-refractivity contribution in [2.24, 2.45) is 5.92 Å². The maximum absolute atomic E-state index is 12.6. The third-order valence-electron chi connectivity index (χ3n) is 3.83. The van der Waals surface area contributed by atoms with Gasteiger partial charge in [-0.3, -0.25) is 10.1 Å². The average Bonchev–Trinajstić information content (AvgIpc) is 3.16. The first-order chi connectivity index (χ1) is 10.5. The van der Waals surface area contributed by atoms with E-state index in [1.54, 1.807) is 0 Å². The standard InChI is InChI=1S/C16H18ClN3OS/c1-10(2)8-13-19-20-15(22-13)18-14(21)16(6-7-16)11-4-3-5-12(17)9-11/h3-5,9-10H,6-8H2,1-2H3,(H,18,20,21). The lowest BCUT2D eigenvalue weighted by Gasteiger charge is -2.14. The third-order valence-corrected chi connectivity index (χ3v) is 4.93. The fraction of sp³-hybridized carbons (Fsp3) is 0.438. The first kappa shape index (κ1) is 15.4. The van der Waals surface area contributed by atoms with E-state index in [0.717, 1.165) is 29.8 Å². The molecule has 116 valence electrons. The molecule has 0 radical (unpaired) electrons. The highest BCUT2D eigenvalue weighted by Crippen LogP contribution is 2.49. The molecule has 1 aliphatic carbocycles. The van der Waals surface area contributed by atoms with E-state index in [1.165, 1.54) is 11.3 Å². The molecule has 1 aromatic heterocycles. The van der Waals surface area contributed by atoms with Crippen LogP contribution in [-0.4, -0.2) is 16.1 Å². The molecular weight excluding hydrogens is 318 g/mol. The Kier molecular flexibility index (Phi) is 4.19. The zero-order valence-corrected chi connectivity index (χ0v) is 14.2. The van der Waals surface area contributed by atoms with Crippen LogP contribution in [0.4, 0.5) is 5.13 Å². The highest BCUT2D eigenvalue weighted by atomic mass is 35.5. The molecule has 3 rings (SSSR count). The summed E-state index contributed by atoms with van der Waals surface area (Å²) >= 11 is 7.49. The third kappa shape index (κ3) is 3.15. The van der Waals surface area contributed by atoms with Crippen LogP contribution in [0, 0.1) is 5.92 Å². The summed E-state index contributed by atoms with van der Waals surface area (Å²) in [6, 6.07) is 7.54.